The van der Waals surface area contributed by atoms with E-state index in [1.165, 1.54) is 11.0 Å². The molecule has 13 nitrogen and oxygen atoms in total. The lowest BCUT2D eigenvalue weighted by Gasteiger charge is -2.14. The zero-order valence-electron chi connectivity index (χ0n) is 18.5. The van der Waals surface area contributed by atoms with Gasteiger partial charge >= 0.3 is 5.97 Å². The average molecular weight is 493 g/mol. The van der Waals surface area contributed by atoms with E-state index in [0.717, 1.165) is 17.7 Å². The average Bonchev–Trinajstić information content (AvgIpc) is 2.79. The molecule has 34 heavy (non-hydrogen) atoms. The highest BCUT2D eigenvalue weighted by Gasteiger charge is 2.23. The van der Waals surface area contributed by atoms with Gasteiger partial charge in [-0.3, -0.25) is 35.3 Å². The number of carbonyl (C=O) groups excluding carboxylic acids is 3. The molecular formula is C20H23N5O8S. The molecule has 2 aromatic rings. The predicted molar refractivity (Wildman–Crippen MR) is 120 cm³/mol. The first-order valence-corrected chi connectivity index (χ1v) is 11.2. The fraction of sp³-hybridized carbons (Fsp3) is 0.250. The number of hydrogen-bond donors (Lipinski definition) is 3. The van der Waals surface area contributed by atoms with Gasteiger partial charge in [0.2, 0.25) is 10.0 Å². The van der Waals surface area contributed by atoms with Crippen LogP contribution in [0.25, 0.3) is 0 Å². The maximum absolute atomic E-state index is 12.4. The lowest BCUT2D eigenvalue weighted by molar-refractivity contribution is -0.384. The van der Waals surface area contributed by atoms with Gasteiger partial charge in [-0.25, -0.2) is 8.42 Å². The number of nitrogens with one attached hydrogen (secondary N) is 3. The van der Waals surface area contributed by atoms with E-state index in [1.807, 2.05) is 11.6 Å². The standard InChI is InChI=1S/C20H23N5O8S/c1-13-4-6-14(7-5-13)20(28)23-22-18(26)12-33-19(27)11-21-34(31,32)15-8-9-16(24(2)3)17(10-15)25(29)30/h4-10,21H,11-12H2,1-3H3,(H,22,26)(H,23,28). The third-order valence-electron chi connectivity index (χ3n) is 4.34. The molecule has 182 valence electrons. The minimum absolute atomic E-state index is 0.198. The lowest BCUT2D eigenvalue weighted by atomic mass is 10.1. The molecule has 0 atom stereocenters. The van der Waals surface area contributed by atoms with Crippen LogP contribution in [0.2, 0.25) is 0 Å². The van der Waals surface area contributed by atoms with Gasteiger partial charge in [0, 0.05) is 25.7 Å². The Kier molecular flexibility index (Phi) is 8.64. The van der Waals surface area contributed by atoms with Crippen LogP contribution in [-0.2, 0) is 24.3 Å². The summed E-state index contributed by atoms with van der Waals surface area (Å²) in [4.78, 5) is 47.0. The van der Waals surface area contributed by atoms with Gasteiger partial charge in [0.1, 0.15) is 12.2 Å². The van der Waals surface area contributed by atoms with E-state index in [0.29, 0.717) is 5.56 Å². The summed E-state index contributed by atoms with van der Waals surface area (Å²) in [5.74, 6) is -2.52. The van der Waals surface area contributed by atoms with Crippen LogP contribution in [0, 0.1) is 17.0 Å². The van der Waals surface area contributed by atoms with Gasteiger partial charge in [-0.15, -0.1) is 0 Å². The highest BCUT2D eigenvalue weighted by molar-refractivity contribution is 7.89. The van der Waals surface area contributed by atoms with Crippen molar-refractivity contribution < 1.29 is 32.5 Å². The van der Waals surface area contributed by atoms with Crippen LogP contribution in [0.3, 0.4) is 0 Å². The summed E-state index contributed by atoms with van der Waals surface area (Å²) in [5, 5.41) is 11.2. The number of rotatable bonds is 9. The third-order valence-corrected chi connectivity index (χ3v) is 5.73. The number of hydrazine groups is 1. The Bertz CT molecular complexity index is 1200. The Morgan fingerprint density at radius 2 is 1.71 bits per heavy atom. The summed E-state index contributed by atoms with van der Waals surface area (Å²) in [6.45, 7) is 0.245. The molecule has 0 saturated carbocycles. The van der Waals surface area contributed by atoms with Crippen molar-refractivity contribution in [1.29, 1.82) is 0 Å². The quantitative estimate of drug-likeness (QED) is 0.251. The number of ether oxygens (including phenoxy) is 1. The van der Waals surface area contributed by atoms with E-state index in [9.17, 15) is 32.9 Å². The summed E-state index contributed by atoms with van der Waals surface area (Å²) >= 11 is 0. The third kappa shape index (κ3) is 7.25. The summed E-state index contributed by atoms with van der Waals surface area (Å²) in [7, 11) is -1.15. The molecule has 0 radical (unpaired) electrons. The molecule has 0 heterocycles. The highest BCUT2D eigenvalue weighted by Crippen LogP contribution is 2.29. The van der Waals surface area contributed by atoms with Crippen LogP contribution < -0.4 is 20.5 Å². The van der Waals surface area contributed by atoms with Crippen LogP contribution in [-0.4, -0.2) is 58.4 Å². The Labute approximate surface area is 195 Å². The van der Waals surface area contributed by atoms with Crippen LogP contribution in [0.5, 0.6) is 0 Å². The van der Waals surface area contributed by atoms with E-state index in [1.54, 1.807) is 38.4 Å². The Morgan fingerprint density at radius 3 is 2.29 bits per heavy atom. The normalized spacial score (nSPS) is 10.8. The molecule has 0 saturated heterocycles. The van der Waals surface area contributed by atoms with E-state index >= 15 is 0 Å². The number of hydrogen-bond acceptors (Lipinski definition) is 9. The van der Waals surface area contributed by atoms with E-state index in [4.69, 9.17) is 0 Å². The van der Waals surface area contributed by atoms with Gasteiger partial charge in [0.25, 0.3) is 17.5 Å². The van der Waals surface area contributed by atoms with Crippen molar-refractivity contribution >= 4 is 39.2 Å². The van der Waals surface area contributed by atoms with Crippen LogP contribution in [0.15, 0.2) is 47.4 Å². The fourth-order valence-electron chi connectivity index (χ4n) is 2.57. The highest BCUT2D eigenvalue weighted by atomic mass is 32.2. The van der Waals surface area contributed by atoms with E-state index in [-0.39, 0.29) is 5.69 Å². The number of aryl methyl sites for hydroxylation is 1. The van der Waals surface area contributed by atoms with E-state index < -0.39 is 56.5 Å². The Balaban J connectivity index is 1.85. The molecule has 2 rings (SSSR count). The maximum atomic E-state index is 12.4. The number of nitrogens with zero attached hydrogens (tertiary/aromatic N) is 2. The summed E-state index contributed by atoms with van der Waals surface area (Å²) in [6, 6.07) is 9.84. The van der Waals surface area contributed by atoms with Crippen LogP contribution >= 0.6 is 0 Å². The molecule has 0 aliphatic heterocycles. The van der Waals surface area contributed by atoms with Crippen molar-refractivity contribution in [2.75, 3.05) is 32.1 Å². The number of amides is 2. The van der Waals surface area contributed by atoms with Crippen molar-refractivity contribution in [3.8, 4) is 0 Å². The fourth-order valence-corrected chi connectivity index (χ4v) is 3.56. The number of nitro groups is 1. The summed E-state index contributed by atoms with van der Waals surface area (Å²) in [6.07, 6.45) is 0. The van der Waals surface area contributed by atoms with Crippen LogP contribution in [0.4, 0.5) is 11.4 Å². The second-order valence-electron chi connectivity index (χ2n) is 7.16. The van der Waals surface area contributed by atoms with Crippen molar-refractivity contribution in [2.45, 2.75) is 11.8 Å². The zero-order valence-corrected chi connectivity index (χ0v) is 19.3. The molecule has 0 aliphatic carbocycles. The molecule has 0 bridgehead atoms. The largest absolute Gasteiger partial charge is 0.455 e. The molecule has 2 amide bonds. The number of esters is 1. The number of sulfonamides is 1. The minimum atomic E-state index is -4.28. The summed E-state index contributed by atoms with van der Waals surface area (Å²) < 4.78 is 31.4. The Hall–Kier alpha value is -4.04. The molecule has 3 N–H and O–H groups in total. The number of anilines is 1. The van der Waals surface area contributed by atoms with Gasteiger partial charge in [-0.1, -0.05) is 17.7 Å². The number of carbonyl (C=O) groups is 3. The zero-order chi connectivity index (χ0) is 25.5. The lowest BCUT2D eigenvalue weighted by Crippen LogP contribution is -2.44. The Morgan fingerprint density at radius 1 is 1.06 bits per heavy atom. The molecule has 0 aromatic heterocycles. The molecule has 14 heteroatoms. The molecular weight excluding hydrogens is 470 g/mol. The van der Waals surface area contributed by atoms with Gasteiger partial charge in [-0.05, 0) is 31.2 Å². The van der Waals surface area contributed by atoms with Crippen molar-refractivity contribution in [1.82, 2.24) is 15.6 Å². The first-order chi connectivity index (χ1) is 15.9. The second kappa shape index (κ2) is 11.2. The maximum Gasteiger partial charge on any atom is 0.321 e. The monoisotopic (exact) mass is 493 g/mol. The van der Waals surface area contributed by atoms with Gasteiger partial charge in [-0.2, -0.15) is 4.72 Å². The molecule has 0 unspecified atom stereocenters. The van der Waals surface area contributed by atoms with Gasteiger partial charge < -0.3 is 9.64 Å². The van der Waals surface area contributed by atoms with Gasteiger partial charge in [0.15, 0.2) is 6.61 Å². The molecule has 0 fully saturated rings. The van der Waals surface area contributed by atoms with Crippen molar-refractivity contribution in [2.24, 2.45) is 0 Å². The SMILES string of the molecule is Cc1ccc(C(=O)NNC(=O)COC(=O)CNS(=O)(=O)c2ccc(N(C)C)c([N+](=O)[O-])c2)cc1. The summed E-state index contributed by atoms with van der Waals surface area (Å²) in [5.41, 5.74) is 5.22. The molecule has 0 aliphatic rings. The van der Waals surface area contributed by atoms with Crippen molar-refractivity contribution in [3.05, 3.63) is 63.7 Å². The minimum Gasteiger partial charge on any atom is -0.455 e. The smallest absolute Gasteiger partial charge is 0.321 e. The van der Waals surface area contributed by atoms with E-state index in [2.05, 4.69) is 15.6 Å². The topological polar surface area (TPSA) is 177 Å². The number of benzene rings is 2. The molecule has 0 spiro atoms. The van der Waals surface area contributed by atoms with Crippen LogP contribution in [0.1, 0.15) is 15.9 Å². The second-order valence-corrected chi connectivity index (χ2v) is 8.92. The first-order valence-electron chi connectivity index (χ1n) is 9.67. The van der Waals surface area contributed by atoms with Crippen molar-refractivity contribution in [3.63, 3.8) is 0 Å². The predicted octanol–water partition coefficient (Wildman–Crippen LogP) is 0.252. The number of nitro benzene ring substituents is 1. The van der Waals surface area contributed by atoms with Gasteiger partial charge in [0.05, 0.1) is 9.82 Å². The molecule has 2 aromatic carbocycles. The first kappa shape index (κ1) is 26.2.